The summed E-state index contributed by atoms with van der Waals surface area (Å²) in [4.78, 5) is 19.4. The molecular formula is C19H16FN3O3. The molecule has 2 aromatic carbocycles. The molecule has 0 radical (unpaired) electrons. The van der Waals surface area contributed by atoms with E-state index in [9.17, 15) is 9.18 Å². The van der Waals surface area contributed by atoms with Crippen LogP contribution in [0.15, 0.2) is 66.9 Å². The Balaban J connectivity index is 1.57. The van der Waals surface area contributed by atoms with Gasteiger partial charge in [0.05, 0.1) is 6.20 Å². The van der Waals surface area contributed by atoms with E-state index in [1.165, 1.54) is 0 Å². The van der Waals surface area contributed by atoms with Crippen LogP contribution in [0.2, 0.25) is 0 Å². The average Bonchev–Trinajstić information content (AvgIpc) is 2.68. The Kier molecular flexibility index (Phi) is 5.72. The molecule has 7 heteroatoms. The van der Waals surface area contributed by atoms with Crippen LogP contribution in [-0.2, 0) is 18.0 Å². The normalized spacial score (nSPS) is 10.2. The third-order valence-electron chi connectivity index (χ3n) is 3.37. The van der Waals surface area contributed by atoms with Crippen molar-refractivity contribution in [2.24, 2.45) is 0 Å². The van der Waals surface area contributed by atoms with Crippen molar-refractivity contribution in [2.75, 3.05) is 5.32 Å². The summed E-state index contributed by atoms with van der Waals surface area (Å²) in [5.74, 6) is -1.09. The van der Waals surface area contributed by atoms with Crippen LogP contribution in [0.25, 0.3) is 0 Å². The van der Waals surface area contributed by atoms with Gasteiger partial charge in [0.15, 0.2) is 11.6 Å². The molecule has 1 heterocycles. The van der Waals surface area contributed by atoms with E-state index in [1.54, 1.807) is 0 Å². The molecule has 132 valence electrons. The number of aromatic nitrogens is 2. The predicted molar refractivity (Wildman–Crippen MR) is 93.0 cm³/mol. The molecule has 26 heavy (non-hydrogen) atoms. The van der Waals surface area contributed by atoms with E-state index in [4.69, 9.17) is 9.47 Å². The molecule has 0 saturated carbocycles. The van der Waals surface area contributed by atoms with Crippen LogP contribution in [0.1, 0.15) is 11.1 Å². The monoisotopic (exact) mass is 353 g/mol. The third kappa shape index (κ3) is 5.01. The van der Waals surface area contributed by atoms with E-state index in [2.05, 4.69) is 15.3 Å². The summed E-state index contributed by atoms with van der Waals surface area (Å²) in [7, 11) is 0. The van der Waals surface area contributed by atoms with Crippen molar-refractivity contribution in [3.8, 4) is 6.01 Å². The maximum atomic E-state index is 13.8. The number of rotatable bonds is 6. The molecule has 0 atom stereocenters. The van der Waals surface area contributed by atoms with Crippen molar-refractivity contribution in [2.45, 2.75) is 13.2 Å². The second-order valence-corrected chi connectivity index (χ2v) is 5.31. The maximum Gasteiger partial charge on any atom is 0.413 e. The molecule has 6 nitrogen and oxygen atoms in total. The number of benzene rings is 2. The first-order chi connectivity index (χ1) is 12.7. The van der Waals surface area contributed by atoms with Gasteiger partial charge in [-0.3, -0.25) is 5.32 Å². The molecular weight excluding hydrogens is 337 g/mol. The van der Waals surface area contributed by atoms with Crippen LogP contribution in [0.4, 0.5) is 15.0 Å². The first-order valence-electron chi connectivity index (χ1n) is 7.87. The van der Waals surface area contributed by atoms with Gasteiger partial charge in [0.2, 0.25) is 0 Å². The van der Waals surface area contributed by atoms with Crippen molar-refractivity contribution in [3.63, 3.8) is 0 Å². The molecule has 3 aromatic rings. The van der Waals surface area contributed by atoms with E-state index in [0.29, 0.717) is 0 Å². The molecule has 1 aromatic heterocycles. The molecule has 3 rings (SSSR count). The fourth-order valence-electron chi connectivity index (χ4n) is 2.09. The molecule has 0 fully saturated rings. The van der Waals surface area contributed by atoms with Gasteiger partial charge in [-0.2, -0.15) is 4.98 Å². The number of halogens is 1. The molecule has 1 N–H and O–H groups in total. The van der Waals surface area contributed by atoms with E-state index >= 15 is 0 Å². The summed E-state index contributed by atoms with van der Waals surface area (Å²) >= 11 is 0. The number of amides is 1. The summed E-state index contributed by atoms with van der Waals surface area (Å²) < 4.78 is 24.3. The lowest BCUT2D eigenvalue weighted by molar-refractivity contribution is 0.155. The zero-order valence-corrected chi connectivity index (χ0v) is 13.8. The molecule has 0 unspecified atom stereocenters. The molecule has 0 aliphatic carbocycles. The Morgan fingerprint density at radius 1 is 0.962 bits per heavy atom. The fourth-order valence-corrected chi connectivity index (χ4v) is 2.09. The van der Waals surface area contributed by atoms with Crippen molar-refractivity contribution >= 4 is 11.9 Å². The van der Waals surface area contributed by atoms with Crippen LogP contribution in [-0.4, -0.2) is 16.1 Å². The Labute approximate surface area is 149 Å². The number of carbonyl (C=O) groups is 1. The summed E-state index contributed by atoms with van der Waals surface area (Å²) in [6.07, 6.45) is 0.112. The van der Waals surface area contributed by atoms with Crippen molar-refractivity contribution in [3.05, 3.63) is 83.8 Å². The molecule has 1 amide bonds. The first kappa shape index (κ1) is 17.3. The smallest absolute Gasteiger partial charge is 0.413 e. The lowest BCUT2D eigenvalue weighted by Crippen LogP contribution is -2.16. The number of hydrogen-bond acceptors (Lipinski definition) is 5. The van der Waals surface area contributed by atoms with Crippen molar-refractivity contribution in [1.29, 1.82) is 0 Å². The Hall–Kier alpha value is -3.48. The molecule has 0 spiro atoms. The largest absolute Gasteiger partial charge is 0.459 e. The van der Waals surface area contributed by atoms with Gasteiger partial charge in [-0.1, -0.05) is 60.7 Å². The van der Waals surface area contributed by atoms with Gasteiger partial charge < -0.3 is 9.47 Å². The SMILES string of the molecule is O=C(Nc1nc(OCc2ccccc2)ncc1F)OCc1ccccc1. The molecule has 0 aliphatic rings. The number of hydrogen-bond donors (Lipinski definition) is 1. The highest BCUT2D eigenvalue weighted by molar-refractivity contribution is 5.83. The lowest BCUT2D eigenvalue weighted by Gasteiger charge is -2.09. The Bertz CT molecular complexity index is 860. The topological polar surface area (TPSA) is 73.3 Å². The van der Waals surface area contributed by atoms with Crippen LogP contribution >= 0.6 is 0 Å². The van der Waals surface area contributed by atoms with Gasteiger partial charge >= 0.3 is 12.1 Å². The van der Waals surface area contributed by atoms with E-state index < -0.39 is 11.9 Å². The maximum absolute atomic E-state index is 13.8. The minimum absolute atomic E-state index is 0.0476. The van der Waals surface area contributed by atoms with Gasteiger partial charge in [0, 0.05) is 0 Å². The molecule has 0 saturated heterocycles. The second-order valence-electron chi connectivity index (χ2n) is 5.31. The highest BCUT2D eigenvalue weighted by atomic mass is 19.1. The number of anilines is 1. The van der Waals surface area contributed by atoms with Crippen LogP contribution in [0.5, 0.6) is 6.01 Å². The number of nitrogens with zero attached hydrogens (tertiary/aromatic N) is 2. The van der Waals surface area contributed by atoms with Crippen LogP contribution in [0, 0.1) is 5.82 Å². The van der Waals surface area contributed by atoms with Gasteiger partial charge in [-0.25, -0.2) is 14.2 Å². The zero-order valence-electron chi connectivity index (χ0n) is 13.8. The number of carbonyl (C=O) groups excluding carboxylic acids is 1. The lowest BCUT2D eigenvalue weighted by atomic mass is 10.2. The first-order valence-corrected chi connectivity index (χ1v) is 7.87. The van der Waals surface area contributed by atoms with E-state index in [0.717, 1.165) is 17.3 Å². The fraction of sp³-hybridized carbons (Fsp3) is 0.105. The predicted octanol–water partition coefficient (Wildman–Crippen LogP) is 3.94. The Morgan fingerprint density at radius 3 is 2.23 bits per heavy atom. The van der Waals surface area contributed by atoms with Crippen LogP contribution in [0.3, 0.4) is 0 Å². The minimum atomic E-state index is -0.819. The third-order valence-corrected chi connectivity index (χ3v) is 3.37. The highest BCUT2D eigenvalue weighted by Crippen LogP contribution is 2.15. The summed E-state index contributed by atoms with van der Waals surface area (Å²) in [6.45, 7) is 0.293. The van der Waals surface area contributed by atoms with Crippen LogP contribution < -0.4 is 10.1 Å². The number of nitrogens with one attached hydrogen (secondary N) is 1. The van der Waals surface area contributed by atoms with E-state index in [-0.39, 0.29) is 25.0 Å². The average molecular weight is 353 g/mol. The van der Waals surface area contributed by atoms with Gasteiger partial charge in [0.1, 0.15) is 13.2 Å². The standard InChI is InChI=1S/C19H16FN3O3/c20-16-11-21-18(25-12-14-7-3-1-4-8-14)22-17(16)23-19(24)26-13-15-9-5-2-6-10-15/h1-11H,12-13H2,(H,21,22,23,24). The van der Waals surface area contributed by atoms with Crippen molar-refractivity contribution < 1.29 is 18.7 Å². The summed E-state index contributed by atoms with van der Waals surface area (Å²) in [6, 6.07) is 18.5. The van der Waals surface area contributed by atoms with Gasteiger partial charge in [0.25, 0.3) is 0 Å². The summed E-state index contributed by atoms with van der Waals surface area (Å²) in [5.41, 5.74) is 1.73. The van der Waals surface area contributed by atoms with Gasteiger partial charge in [-0.15, -0.1) is 0 Å². The molecule has 0 aliphatic heterocycles. The highest BCUT2D eigenvalue weighted by Gasteiger charge is 2.12. The minimum Gasteiger partial charge on any atom is -0.459 e. The van der Waals surface area contributed by atoms with E-state index in [1.807, 2.05) is 60.7 Å². The van der Waals surface area contributed by atoms with Gasteiger partial charge in [-0.05, 0) is 11.1 Å². The molecule has 0 bridgehead atoms. The van der Waals surface area contributed by atoms with Crippen molar-refractivity contribution in [1.82, 2.24) is 9.97 Å². The Morgan fingerprint density at radius 2 is 1.58 bits per heavy atom. The second kappa shape index (κ2) is 8.57. The number of ether oxygens (including phenoxy) is 2. The zero-order chi connectivity index (χ0) is 18.2. The summed E-state index contributed by atoms with van der Waals surface area (Å²) in [5, 5.41) is 2.25. The quantitative estimate of drug-likeness (QED) is 0.726.